The van der Waals surface area contributed by atoms with Crippen molar-refractivity contribution in [1.82, 2.24) is 10.3 Å². The van der Waals surface area contributed by atoms with Crippen molar-refractivity contribution in [2.45, 2.75) is 58.9 Å². The summed E-state index contributed by atoms with van der Waals surface area (Å²) >= 11 is 6.00. The predicted octanol–water partition coefficient (Wildman–Crippen LogP) is 4.28. The lowest BCUT2D eigenvalue weighted by Gasteiger charge is -2.34. The molecule has 0 fully saturated rings. The van der Waals surface area contributed by atoms with Crippen LogP contribution in [0.15, 0.2) is 29.1 Å². The lowest BCUT2D eigenvalue weighted by Crippen LogP contribution is -2.45. The molecule has 0 saturated carbocycles. The standard InChI is InChI=1S/C22H26ClN3O2/c1-5-22(6-2,16-7-9-17(23)10-8-16)26-20(27)12-11-18-14(3)19(13-24)21(28)25-15(18)4/h7-10H,5-6,11-12H2,1-4H3,(H,25,28)(H,26,27). The number of aromatic amines is 1. The molecule has 0 aliphatic rings. The highest BCUT2D eigenvalue weighted by Gasteiger charge is 2.30. The van der Waals surface area contributed by atoms with Gasteiger partial charge in [-0.15, -0.1) is 0 Å². The van der Waals surface area contributed by atoms with Crippen LogP contribution in [0.2, 0.25) is 5.02 Å². The van der Waals surface area contributed by atoms with E-state index in [1.54, 1.807) is 13.8 Å². The molecule has 0 spiro atoms. The van der Waals surface area contributed by atoms with Gasteiger partial charge in [-0.1, -0.05) is 37.6 Å². The number of hydrogen-bond donors (Lipinski definition) is 2. The number of pyridine rings is 1. The van der Waals surface area contributed by atoms with Gasteiger partial charge in [-0.25, -0.2) is 0 Å². The smallest absolute Gasteiger partial charge is 0.266 e. The quantitative estimate of drug-likeness (QED) is 0.728. The van der Waals surface area contributed by atoms with Crippen molar-refractivity contribution < 1.29 is 4.79 Å². The summed E-state index contributed by atoms with van der Waals surface area (Å²) in [5.41, 5.74) is 2.49. The van der Waals surface area contributed by atoms with Gasteiger partial charge in [-0.3, -0.25) is 9.59 Å². The van der Waals surface area contributed by atoms with Crippen molar-refractivity contribution in [3.8, 4) is 6.07 Å². The first-order chi connectivity index (χ1) is 13.3. The summed E-state index contributed by atoms with van der Waals surface area (Å²) in [5, 5.41) is 13.1. The number of carbonyl (C=O) groups excluding carboxylic acids is 1. The van der Waals surface area contributed by atoms with Crippen LogP contribution in [0.5, 0.6) is 0 Å². The molecule has 1 aromatic heterocycles. The summed E-state index contributed by atoms with van der Waals surface area (Å²) < 4.78 is 0. The molecule has 2 aromatic rings. The summed E-state index contributed by atoms with van der Waals surface area (Å²) in [4.78, 5) is 27.3. The molecule has 0 atom stereocenters. The summed E-state index contributed by atoms with van der Waals surface area (Å²) in [6, 6.07) is 9.51. The van der Waals surface area contributed by atoms with Crippen molar-refractivity contribution in [2.75, 3.05) is 0 Å². The lowest BCUT2D eigenvalue weighted by atomic mass is 9.84. The predicted molar refractivity (Wildman–Crippen MR) is 111 cm³/mol. The van der Waals surface area contributed by atoms with E-state index in [-0.39, 0.29) is 23.5 Å². The summed E-state index contributed by atoms with van der Waals surface area (Å²) in [5.74, 6) is -0.0674. The number of carbonyl (C=O) groups is 1. The van der Waals surface area contributed by atoms with Crippen LogP contribution < -0.4 is 10.9 Å². The third kappa shape index (κ3) is 4.45. The number of nitrogens with zero attached hydrogens (tertiary/aromatic N) is 1. The van der Waals surface area contributed by atoms with Crippen LogP contribution in [0, 0.1) is 25.2 Å². The van der Waals surface area contributed by atoms with Gasteiger partial charge in [0.25, 0.3) is 5.56 Å². The van der Waals surface area contributed by atoms with E-state index in [4.69, 9.17) is 11.6 Å². The van der Waals surface area contributed by atoms with Crippen LogP contribution in [-0.4, -0.2) is 10.9 Å². The Morgan fingerprint density at radius 3 is 2.36 bits per heavy atom. The molecule has 1 aromatic carbocycles. The van der Waals surface area contributed by atoms with Crippen molar-refractivity contribution in [3.05, 3.63) is 67.6 Å². The van der Waals surface area contributed by atoms with Crippen LogP contribution in [0.1, 0.15) is 61.1 Å². The normalized spacial score (nSPS) is 11.1. The molecule has 0 aliphatic heterocycles. The highest BCUT2D eigenvalue weighted by atomic mass is 35.5. The average molecular weight is 400 g/mol. The minimum Gasteiger partial charge on any atom is -0.347 e. The molecule has 5 nitrogen and oxygen atoms in total. The fourth-order valence-corrected chi connectivity index (χ4v) is 3.79. The number of nitrogens with one attached hydrogen (secondary N) is 2. The molecule has 1 heterocycles. The van der Waals surface area contributed by atoms with Crippen molar-refractivity contribution in [1.29, 1.82) is 5.26 Å². The van der Waals surface area contributed by atoms with Gasteiger partial charge < -0.3 is 10.3 Å². The summed E-state index contributed by atoms with van der Waals surface area (Å²) in [6.07, 6.45) is 2.24. The molecule has 0 saturated heterocycles. The molecule has 0 unspecified atom stereocenters. The second kappa shape index (κ2) is 9.07. The zero-order valence-electron chi connectivity index (χ0n) is 16.8. The number of amides is 1. The fourth-order valence-electron chi connectivity index (χ4n) is 3.66. The maximum Gasteiger partial charge on any atom is 0.266 e. The van der Waals surface area contributed by atoms with E-state index in [0.717, 1.165) is 24.0 Å². The molecule has 0 aliphatic carbocycles. The molecule has 0 radical (unpaired) electrons. The van der Waals surface area contributed by atoms with Crippen LogP contribution in [0.25, 0.3) is 0 Å². The van der Waals surface area contributed by atoms with E-state index < -0.39 is 5.54 Å². The molecule has 28 heavy (non-hydrogen) atoms. The van der Waals surface area contributed by atoms with E-state index in [0.29, 0.717) is 22.7 Å². The number of aryl methyl sites for hydroxylation is 1. The molecule has 0 bridgehead atoms. The van der Waals surface area contributed by atoms with Crippen molar-refractivity contribution in [2.24, 2.45) is 0 Å². The summed E-state index contributed by atoms with van der Waals surface area (Å²) in [6.45, 7) is 7.64. The molecule has 2 rings (SSSR count). The van der Waals surface area contributed by atoms with Gasteiger partial charge in [0.05, 0.1) is 5.54 Å². The van der Waals surface area contributed by atoms with Gasteiger partial charge in [0.1, 0.15) is 11.6 Å². The number of rotatable bonds is 7. The number of aromatic nitrogens is 1. The Labute approximate surface area is 170 Å². The zero-order chi connectivity index (χ0) is 20.9. The van der Waals surface area contributed by atoms with Gasteiger partial charge in [-0.2, -0.15) is 5.26 Å². The average Bonchev–Trinajstić information content (AvgIpc) is 2.66. The Morgan fingerprint density at radius 1 is 1.21 bits per heavy atom. The maximum atomic E-state index is 12.8. The van der Waals surface area contributed by atoms with Crippen LogP contribution in [0.4, 0.5) is 0 Å². The lowest BCUT2D eigenvalue weighted by molar-refractivity contribution is -0.123. The molecular weight excluding hydrogens is 374 g/mol. The molecule has 6 heteroatoms. The third-order valence-electron chi connectivity index (χ3n) is 5.50. The van der Waals surface area contributed by atoms with Gasteiger partial charge >= 0.3 is 0 Å². The second-order valence-corrected chi connectivity index (χ2v) is 7.45. The molecule has 2 N–H and O–H groups in total. The number of nitriles is 1. The van der Waals surface area contributed by atoms with Gasteiger partial charge in [-0.05, 0) is 61.9 Å². The van der Waals surface area contributed by atoms with Gasteiger partial charge in [0.15, 0.2) is 0 Å². The number of hydrogen-bond acceptors (Lipinski definition) is 3. The van der Waals surface area contributed by atoms with E-state index >= 15 is 0 Å². The van der Waals surface area contributed by atoms with Crippen molar-refractivity contribution >= 4 is 17.5 Å². The van der Waals surface area contributed by atoms with Gasteiger partial charge in [0.2, 0.25) is 5.91 Å². The third-order valence-corrected chi connectivity index (χ3v) is 5.76. The first kappa shape index (κ1) is 21.7. The second-order valence-electron chi connectivity index (χ2n) is 7.01. The number of H-pyrrole nitrogens is 1. The van der Waals surface area contributed by atoms with E-state index in [2.05, 4.69) is 10.3 Å². The monoisotopic (exact) mass is 399 g/mol. The Morgan fingerprint density at radius 2 is 1.82 bits per heavy atom. The molecule has 148 valence electrons. The Kier molecular flexibility index (Phi) is 7.04. The minimum absolute atomic E-state index is 0.0674. The largest absolute Gasteiger partial charge is 0.347 e. The molecular formula is C22H26ClN3O2. The highest BCUT2D eigenvalue weighted by Crippen LogP contribution is 2.30. The Balaban J connectivity index is 2.20. The van der Waals surface area contributed by atoms with E-state index in [1.807, 2.05) is 44.2 Å². The fraction of sp³-hybridized carbons (Fsp3) is 0.409. The topological polar surface area (TPSA) is 85.8 Å². The zero-order valence-corrected chi connectivity index (χ0v) is 17.5. The number of benzene rings is 1. The Hall–Kier alpha value is -2.58. The first-order valence-electron chi connectivity index (χ1n) is 9.47. The van der Waals surface area contributed by atoms with Crippen molar-refractivity contribution in [3.63, 3.8) is 0 Å². The van der Waals surface area contributed by atoms with E-state index in [9.17, 15) is 14.9 Å². The van der Waals surface area contributed by atoms with E-state index in [1.165, 1.54) is 0 Å². The van der Waals surface area contributed by atoms with Crippen LogP contribution in [-0.2, 0) is 16.8 Å². The summed E-state index contributed by atoms with van der Waals surface area (Å²) in [7, 11) is 0. The molecule has 1 amide bonds. The SMILES string of the molecule is CCC(CC)(NC(=O)CCc1c(C)[nH]c(=O)c(C#N)c1C)c1ccc(Cl)cc1. The number of halogens is 1. The first-order valence-corrected chi connectivity index (χ1v) is 9.85. The Bertz CT molecular complexity index is 951. The highest BCUT2D eigenvalue weighted by molar-refractivity contribution is 6.30. The maximum absolute atomic E-state index is 12.8. The van der Waals surface area contributed by atoms with Crippen LogP contribution in [0.3, 0.4) is 0 Å². The minimum atomic E-state index is -0.450. The van der Waals surface area contributed by atoms with Gasteiger partial charge in [0, 0.05) is 17.1 Å². The van der Waals surface area contributed by atoms with Crippen LogP contribution >= 0.6 is 11.6 Å².